The van der Waals surface area contributed by atoms with Crippen molar-refractivity contribution >= 4 is 17.0 Å². The van der Waals surface area contributed by atoms with Crippen molar-refractivity contribution in [3.05, 3.63) is 40.1 Å². The summed E-state index contributed by atoms with van der Waals surface area (Å²) in [5, 5.41) is 7.70. The van der Waals surface area contributed by atoms with Gasteiger partial charge in [0.15, 0.2) is 0 Å². The number of nitrogens with two attached hydrogens (primary N) is 1. The smallest absolute Gasteiger partial charge is 0.0362 e. The van der Waals surface area contributed by atoms with E-state index in [0.29, 0.717) is 0 Å². The number of nitrogens with one attached hydrogen (secondary N) is 1. The second kappa shape index (κ2) is 3.92. The minimum atomic E-state index is 0.902. The van der Waals surface area contributed by atoms with E-state index >= 15 is 0 Å². The van der Waals surface area contributed by atoms with Crippen LogP contribution in [0.1, 0.15) is 11.1 Å². The summed E-state index contributed by atoms with van der Waals surface area (Å²) in [6.07, 6.45) is 1.07. The van der Waals surface area contributed by atoms with Crippen molar-refractivity contribution in [3.8, 4) is 11.1 Å². The van der Waals surface area contributed by atoms with Crippen molar-refractivity contribution in [2.75, 3.05) is 12.3 Å². The fourth-order valence-electron chi connectivity index (χ4n) is 2.32. The number of hydrogen-bond donors (Lipinski definition) is 2. The third kappa shape index (κ3) is 1.52. The van der Waals surface area contributed by atoms with Gasteiger partial charge in [0.25, 0.3) is 0 Å². The van der Waals surface area contributed by atoms with Gasteiger partial charge in [0.1, 0.15) is 0 Å². The fourth-order valence-corrected chi connectivity index (χ4v) is 2.98. The van der Waals surface area contributed by atoms with Crippen LogP contribution in [0.4, 0.5) is 5.69 Å². The van der Waals surface area contributed by atoms with E-state index < -0.39 is 0 Å². The molecule has 0 atom stereocenters. The molecule has 3 heteroatoms. The average Bonchev–Trinajstić information content (AvgIpc) is 2.83. The Morgan fingerprint density at radius 1 is 1.19 bits per heavy atom. The van der Waals surface area contributed by atoms with E-state index in [-0.39, 0.29) is 0 Å². The maximum Gasteiger partial charge on any atom is 0.0362 e. The Morgan fingerprint density at radius 3 is 2.94 bits per heavy atom. The van der Waals surface area contributed by atoms with Crippen LogP contribution in [0.2, 0.25) is 0 Å². The second-order valence-corrected chi connectivity index (χ2v) is 4.88. The van der Waals surface area contributed by atoms with Crippen molar-refractivity contribution in [2.45, 2.75) is 13.0 Å². The van der Waals surface area contributed by atoms with E-state index in [1.807, 2.05) is 6.07 Å². The van der Waals surface area contributed by atoms with Gasteiger partial charge in [-0.3, -0.25) is 0 Å². The number of fused-ring (bicyclic) bond motifs is 1. The lowest BCUT2D eigenvalue weighted by Gasteiger charge is -2.21. The molecular weight excluding hydrogens is 216 g/mol. The van der Waals surface area contributed by atoms with Crippen molar-refractivity contribution < 1.29 is 0 Å². The van der Waals surface area contributed by atoms with Gasteiger partial charge >= 0.3 is 0 Å². The monoisotopic (exact) mass is 230 g/mol. The summed E-state index contributed by atoms with van der Waals surface area (Å²) < 4.78 is 0. The Hall–Kier alpha value is -1.32. The van der Waals surface area contributed by atoms with Crippen LogP contribution >= 0.6 is 11.3 Å². The molecular formula is C13H14N2S. The fraction of sp³-hybridized carbons (Fsp3) is 0.231. The van der Waals surface area contributed by atoms with Gasteiger partial charge in [-0.25, -0.2) is 0 Å². The number of anilines is 1. The highest BCUT2D eigenvalue weighted by Gasteiger charge is 2.16. The zero-order chi connectivity index (χ0) is 11.0. The zero-order valence-corrected chi connectivity index (χ0v) is 9.81. The predicted molar refractivity (Wildman–Crippen MR) is 69.6 cm³/mol. The number of hydrogen-bond acceptors (Lipinski definition) is 3. The summed E-state index contributed by atoms with van der Waals surface area (Å²) in [7, 11) is 0. The molecule has 2 aromatic rings. The molecule has 2 nitrogen and oxygen atoms in total. The predicted octanol–water partition coefficient (Wildman–Crippen LogP) is 2.64. The van der Waals surface area contributed by atoms with E-state index in [1.54, 1.807) is 11.3 Å². The van der Waals surface area contributed by atoms with E-state index in [2.05, 4.69) is 28.2 Å². The first-order valence-corrected chi connectivity index (χ1v) is 6.44. The van der Waals surface area contributed by atoms with E-state index in [4.69, 9.17) is 5.73 Å². The van der Waals surface area contributed by atoms with Crippen LogP contribution in [0.15, 0.2) is 29.0 Å². The zero-order valence-electron chi connectivity index (χ0n) is 8.99. The van der Waals surface area contributed by atoms with Crippen molar-refractivity contribution in [1.82, 2.24) is 5.32 Å². The van der Waals surface area contributed by atoms with Crippen molar-refractivity contribution in [2.24, 2.45) is 0 Å². The molecule has 82 valence electrons. The molecule has 16 heavy (non-hydrogen) atoms. The highest BCUT2D eigenvalue weighted by molar-refractivity contribution is 7.08. The lowest BCUT2D eigenvalue weighted by molar-refractivity contribution is 0.646. The third-order valence-electron chi connectivity index (χ3n) is 3.15. The van der Waals surface area contributed by atoms with Crippen molar-refractivity contribution in [1.29, 1.82) is 0 Å². The highest BCUT2D eigenvalue weighted by atomic mass is 32.1. The number of nitrogen functional groups attached to an aromatic ring is 1. The summed E-state index contributed by atoms with van der Waals surface area (Å²) in [5.74, 6) is 0. The van der Waals surface area contributed by atoms with Gasteiger partial charge in [0.05, 0.1) is 0 Å². The van der Waals surface area contributed by atoms with Crippen LogP contribution < -0.4 is 11.1 Å². The van der Waals surface area contributed by atoms with E-state index in [9.17, 15) is 0 Å². The molecule has 1 aromatic carbocycles. The SMILES string of the molecule is Nc1ccc(-c2ccsc2)c2c1CNCC2. The van der Waals surface area contributed by atoms with Crippen LogP contribution in [-0.4, -0.2) is 6.54 Å². The standard InChI is InChI=1S/C13H14N2S/c14-13-2-1-10(9-4-6-16-8-9)11-3-5-15-7-12(11)13/h1-2,4,6,8,15H,3,5,7,14H2. The van der Waals surface area contributed by atoms with Gasteiger partial charge in [-0.15, -0.1) is 0 Å². The average molecular weight is 230 g/mol. The Kier molecular flexibility index (Phi) is 2.42. The van der Waals surface area contributed by atoms with Crippen molar-refractivity contribution in [3.63, 3.8) is 0 Å². The summed E-state index contributed by atoms with van der Waals surface area (Å²) in [4.78, 5) is 0. The summed E-state index contributed by atoms with van der Waals surface area (Å²) in [6.45, 7) is 1.95. The summed E-state index contributed by atoms with van der Waals surface area (Å²) in [5.41, 5.74) is 12.3. The number of thiophene rings is 1. The van der Waals surface area contributed by atoms with Gasteiger partial charge in [-0.05, 0) is 58.1 Å². The molecule has 3 N–H and O–H groups in total. The molecule has 0 unspecified atom stereocenters. The molecule has 1 aliphatic heterocycles. The normalized spacial score (nSPS) is 14.8. The molecule has 0 radical (unpaired) electrons. The molecule has 3 rings (SSSR count). The van der Waals surface area contributed by atoms with E-state index in [1.165, 1.54) is 22.3 Å². The van der Waals surface area contributed by atoms with Crippen LogP contribution in [0.3, 0.4) is 0 Å². The molecule has 0 amide bonds. The quantitative estimate of drug-likeness (QED) is 0.739. The van der Waals surface area contributed by atoms with Gasteiger partial charge in [-0.1, -0.05) is 6.07 Å². The second-order valence-electron chi connectivity index (χ2n) is 4.10. The van der Waals surface area contributed by atoms with Gasteiger partial charge < -0.3 is 11.1 Å². The van der Waals surface area contributed by atoms with Crippen LogP contribution in [0, 0.1) is 0 Å². The van der Waals surface area contributed by atoms with Crippen LogP contribution in [-0.2, 0) is 13.0 Å². The van der Waals surface area contributed by atoms with Gasteiger partial charge in [0.2, 0.25) is 0 Å². The molecule has 0 saturated heterocycles. The molecule has 0 spiro atoms. The third-order valence-corrected chi connectivity index (χ3v) is 3.84. The molecule has 0 saturated carbocycles. The maximum absolute atomic E-state index is 6.03. The first-order valence-electron chi connectivity index (χ1n) is 5.50. The van der Waals surface area contributed by atoms with Gasteiger partial charge in [-0.2, -0.15) is 11.3 Å². The molecule has 0 aliphatic carbocycles. The first kappa shape index (κ1) is 9.87. The molecule has 0 bridgehead atoms. The maximum atomic E-state index is 6.03. The minimum absolute atomic E-state index is 0.902. The number of benzene rings is 1. The minimum Gasteiger partial charge on any atom is -0.398 e. The highest BCUT2D eigenvalue weighted by Crippen LogP contribution is 2.32. The van der Waals surface area contributed by atoms with E-state index in [0.717, 1.165) is 25.2 Å². The first-order chi connectivity index (χ1) is 7.86. The topological polar surface area (TPSA) is 38.0 Å². The molecule has 1 aromatic heterocycles. The largest absolute Gasteiger partial charge is 0.398 e. The van der Waals surface area contributed by atoms with Crippen LogP contribution in [0.5, 0.6) is 0 Å². The molecule has 0 fully saturated rings. The molecule has 1 aliphatic rings. The lowest BCUT2D eigenvalue weighted by Crippen LogP contribution is -2.25. The Balaban J connectivity index is 2.19. The molecule has 2 heterocycles. The van der Waals surface area contributed by atoms with Gasteiger partial charge in [0, 0.05) is 12.2 Å². The Bertz CT molecular complexity index is 503. The number of rotatable bonds is 1. The van der Waals surface area contributed by atoms with Crippen LogP contribution in [0.25, 0.3) is 11.1 Å². The Morgan fingerprint density at radius 2 is 2.12 bits per heavy atom. The summed E-state index contributed by atoms with van der Waals surface area (Å²) in [6, 6.07) is 6.36. The summed E-state index contributed by atoms with van der Waals surface area (Å²) >= 11 is 1.74. The lowest BCUT2D eigenvalue weighted by atomic mass is 9.91. The Labute approximate surface area is 99.1 Å².